The fourth-order valence-electron chi connectivity index (χ4n) is 2.70. The number of aliphatic carboxylic acids is 2. The van der Waals surface area contributed by atoms with Gasteiger partial charge in [-0.3, -0.25) is 29.0 Å². The highest BCUT2D eigenvalue weighted by Crippen LogP contribution is 2.06. The van der Waals surface area contributed by atoms with Crippen LogP contribution in [0.1, 0.15) is 45.4 Å². The van der Waals surface area contributed by atoms with Crippen molar-refractivity contribution in [3.8, 4) is 0 Å². The minimum Gasteiger partial charge on any atom is -0.481 e. The number of carboxylic acids is 2. The van der Waals surface area contributed by atoms with Crippen molar-refractivity contribution in [3.63, 3.8) is 0 Å². The summed E-state index contributed by atoms with van der Waals surface area (Å²) in [6.45, 7) is 1.45. The van der Waals surface area contributed by atoms with Crippen molar-refractivity contribution in [2.24, 2.45) is 27.9 Å². The topological polar surface area (TPSA) is 295 Å². The van der Waals surface area contributed by atoms with Gasteiger partial charge in [-0.15, -0.1) is 0 Å². The van der Waals surface area contributed by atoms with Gasteiger partial charge in [0.2, 0.25) is 23.6 Å². The molecule has 13 N–H and O–H groups in total. The molecule has 0 saturated carbocycles. The van der Waals surface area contributed by atoms with Gasteiger partial charge in [0.25, 0.3) is 0 Å². The Morgan fingerprint density at radius 3 is 1.71 bits per heavy atom. The van der Waals surface area contributed by atoms with Gasteiger partial charge in [0.05, 0.1) is 6.04 Å². The maximum Gasteiger partial charge on any atom is 0.326 e. The van der Waals surface area contributed by atoms with Crippen LogP contribution in [-0.2, 0) is 28.8 Å². The van der Waals surface area contributed by atoms with E-state index in [4.69, 9.17) is 28.0 Å². The Morgan fingerprint density at radius 1 is 0.771 bits per heavy atom. The number of carbonyl (C=O) groups is 6. The molecular formula is C19H34N8O8. The molecule has 16 heteroatoms. The molecule has 0 radical (unpaired) electrons. The van der Waals surface area contributed by atoms with Crippen LogP contribution in [0.25, 0.3) is 0 Å². The fraction of sp³-hybridized carbons (Fsp3) is 0.632. The molecule has 35 heavy (non-hydrogen) atoms. The number of hydrogen-bond donors (Lipinski definition) is 9. The maximum atomic E-state index is 12.8. The summed E-state index contributed by atoms with van der Waals surface area (Å²) in [6.07, 6.45) is -1.19. The summed E-state index contributed by atoms with van der Waals surface area (Å²) >= 11 is 0. The van der Waals surface area contributed by atoms with Gasteiger partial charge in [-0.1, -0.05) is 0 Å². The number of nitrogens with zero attached hydrogens (tertiary/aromatic N) is 1. The van der Waals surface area contributed by atoms with Crippen molar-refractivity contribution >= 4 is 41.5 Å². The van der Waals surface area contributed by atoms with Gasteiger partial charge in [0, 0.05) is 19.4 Å². The first-order valence-corrected chi connectivity index (χ1v) is 10.7. The maximum absolute atomic E-state index is 12.8. The Balaban J connectivity index is 5.61. The third kappa shape index (κ3) is 14.0. The third-order valence-electron chi connectivity index (χ3n) is 4.57. The highest BCUT2D eigenvalue weighted by molar-refractivity contribution is 5.94. The summed E-state index contributed by atoms with van der Waals surface area (Å²) in [5, 5.41) is 25.2. The van der Waals surface area contributed by atoms with Crippen molar-refractivity contribution in [1.29, 1.82) is 0 Å². The summed E-state index contributed by atoms with van der Waals surface area (Å²) in [5.74, 6) is -6.10. The molecule has 0 aromatic carbocycles. The van der Waals surface area contributed by atoms with E-state index >= 15 is 0 Å². The molecule has 0 aliphatic heterocycles. The van der Waals surface area contributed by atoms with Gasteiger partial charge in [-0.2, -0.15) is 0 Å². The average molecular weight is 503 g/mol. The van der Waals surface area contributed by atoms with E-state index < -0.39 is 66.2 Å². The van der Waals surface area contributed by atoms with Crippen LogP contribution in [0.4, 0.5) is 0 Å². The zero-order chi connectivity index (χ0) is 27.1. The predicted molar refractivity (Wildman–Crippen MR) is 122 cm³/mol. The highest BCUT2D eigenvalue weighted by Gasteiger charge is 2.30. The van der Waals surface area contributed by atoms with Crippen molar-refractivity contribution < 1.29 is 39.0 Å². The van der Waals surface area contributed by atoms with Crippen molar-refractivity contribution in [2.75, 3.05) is 6.54 Å². The summed E-state index contributed by atoms with van der Waals surface area (Å²) in [5.41, 5.74) is 21.0. The first-order valence-electron chi connectivity index (χ1n) is 10.7. The molecule has 0 fully saturated rings. The lowest BCUT2D eigenvalue weighted by atomic mass is 10.1. The second-order valence-corrected chi connectivity index (χ2v) is 7.70. The SMILES string of the molecule is CC(N)C(=O)NC(CCC(=O)O)C(=O)NC(CCCN=C(N)N)C(=O)NC(CCC(N)=O)C(=O)O. The molecule has 0 spiro atoms. The fourth-order valence-corrected chi connectivity index (χ4v) is 2.70. The van der Waals surface area contributed by atoms with Gasteiger partial charge in [0.15, 0.2) is 5.96 Å². The molecule has 0 aliphatic rings. The van der Waals surface area contributed by atoms with E-state index in [2.05, 4.69) is 20.9 Å². The van der Waals surface area contributed by atoms with Crippen LogP contribution in [0.5, 0.6) is 0 Å². The van der Waals surface area contributed by atoms with Crippen LogP contribution in [0.15, 0.2) is 4.99 Å². The Morgan fingerprint density at radius 2 is 1.26 bits per heavy atom. The predicted octanol–water partition coefficient (Wildman–Crippen LogP) is -3.94. The second-order valence-electron chi connectivity index (χ2n) is 7.70. The lowest BCUT2D eigenvalue weighted by Gasteiger charge is -2.24. The van der Waals surface area contributed by atoms with Gasteiger partial charge in [-0.25, -0.2) is 4.79 Å². The van der Waals surface area contributed by atoms with Gasteiger partial charge in [-0.05, 0) is 32.6 Å². The van der Waals surface area contributed by atoms with Gasteiger partial charge >= 0.3 is 11.9 Å². The van der Waals surface area contributed by atoms with Gasteiger partial charge < -0.3 is 49.1 Å². The number of nitrogens with two attached hydrogens (primary N) is 4. The monoisotopic (exact) mass is 502 g/mol. The number of primary amides is 1. The van der Waals surface area contributed by atoms with Crippen LogP contribution < -0.4 is 38.9 Å². The Hall–Kier alpha value is -3.95. The molecule has 16 nitrogen and oxygen atoms in total. The number of carboxylic acid groups (broad SMARTS) is 2. The molecule has 0 aliphatic carbocycles. The number of amides is 4. The number of carbonyl (C=O) groups excluding carboxylic acids is 4. The van der Waals surface area contributed by atoms with Crippen molar-refractivity contribution in [1.82, 2.24) is 16.0 Å². The summed E-state index contributed by atoms with van der Waals surface area (Å²) in [4.78, 5) is 74.7. The summed E-state index contributed by atoms with van der Waals surface area (Å²) < 4.78 is 0. The summed E-state index contributed by atoms with van der Waals surface area (Å²) in [7, 11) is 0. The standard InChI is InChI=1S/C19H34N8O8/c1-9(20)15(31)25-11(5-7-14(29)30)17(33)26-10(3-2-8-24-19(22)23)16(32)27-12(18(34)35)4-6-13(21)28/h9-12H,2-8,20H2,1H3,(H2,21,28)(H,25,31)(H,26,33)(H,27,32)(H,29,30)(H,34,35)(H4,22,23,24). The number of aliphatic imine (C=N–C) groups is 1. The smallest absolute Gasteiger partial charge is 0.326 e. The van der Waals surface area contributed by atoms with Crippen LogP contribution in [0.2, 0.25) is 0 Å². The molecule has 0 aromatic heterocycles. The Labute approximate surface area is 201 Å². The first-order chi connectivity index (χ1) is 16.2. The highest BCUT2D eigenvalue weighted by atomic mass is 16.4. The van der Waals surface area contributed by atoms with Crippen molar-refractivity contribution in [2.45, 2.75) is 69.6 Å². The zero-order valence-corrected chi connectivity index (χ0v) is 19.4. The molecule has 0 rings (SSSR count). The Bertz CT molecular complexity index is 813. The van der Waals surface area contributed by atoms with E-state index in [-0.39, 0.29) is 44.6 Å². The minimum absolute atomic E-state index is 0.0383. The van der Waals surface area contributed by atoms with E-state index in [1.807, 2.05) is 0 Å². The third-order valence-corrected chi connectivity index (χ3v) is 4.57. The van der Waals surface area contributed by atoms with E-state index in [0.717, 1.165) is 0 Å². The zero-order valence-electron chi connectivity index (χ0n) is 19.4. The van der Waals surface area contributed by atoms with E-state index in [1.165, 1.54) is 6.92 Å². The molecule has 0 saturated heterocycles. The first kappa shape index (κ1) is 31.0. The number of rotatable bonds is 17. The van der Waals surface area contributed by atoms with E-state index in [1.54, 1.807) is 0 Å². The molecule has 4 amide bonds. The van der Waals surface area contributed by atoms with Crippen LogP contribution in [-0.4, -0.2) is 82.5 Å². The quantitative estimate of drug-likeness (QED) is 0.0525. The lowest BCUT2D eigenvalue weighted by molar-refractivity contribution is -0.142. The minimum atomic E-state index is -1.47. The number of hydrogen-bond acceptors (Lipinski definition) is 8. The second kappa shape index (κ2) is 15.8. The van der Waals surface area contributed by atoms with Crippen molar-refractivity contribution in [3.05, 3.63) is 0 Å². The molecule has 0 aromatic rings. The number of nitrogens with one attached hydrogen (secondary N) is 3. The van der Waals surface area contributed by atoms with Crippen LogP contribution in [0.3, 0.4) is 0 Å². The van der Waals surface area contributed by atoms with Gasteiger partial charge in [0.1, 0.15) is 18.1 Å². The largest absolute Gasteiger partial charge is 0.481 e. The molecular weight excluding hydrogens is 468 g/mol. The van der Waals surface area contributed by atoms with Crippen LogP contribution in [0, 0.1) is 0 Å². The molecule has 198 valence electrons. The van der Waals surface area contributed by atoms with E-state index in [9.17, 15) is 33.9 Å². The lowest BCUT2D eigenvalue weighted by Crippen LogP contribution is -2.57. The molecule has 4 atom stereocenters. The van der Waals surface area contributed by atoms with Crippen LogP contribution >= 0.6 is 0 Å². The normalized spacial score (nSPS) is 13.9. The van der Waals surface area contributed by atoms with E-state index in [0.29, 0.717) is 0 Å². The summed E-state index contributed by atoms with van der Waals surface area (Å²) in [6, 6.07) is -5.09. The number of guanidine groups is 1. The molecule has 4 unspecified atom stereocenters. The average Bonchev–Trinajstić information content (AvgIpc) is 2.74. The molecule has 0 bridgehead atoms. The Kier molecular flexibility index (Phi) is 14.0. The molecule has 0 heterocycles.